The predicted octanol–water partition coefficient (Wildman–Crippen LogP) is 2.53. The molecule has 29 heavy (non-hydrogen) atoms. The Hall–Kier alpha value is -3.07. The first kappa shape index (κ1) is 19.3. The number of carbonyl (C=O) groups excluding carboxylic acids is 1. The average molecular weight is 414 g/mol. The van der Waals surface area contributed by atoms with E-state index in [1.807, 2.05) is 6.92 Å². The molecule has 0 bridgehead atoms. The van der Waals surface area contributed by atoms with Crippen molar-refractivity contribution in [2.24, 2.45) is 5.92 Å². The fourth-order valence-corrected chi connectivity index (χ4v) is 4.86. The number of aromatic nitrogens is 2. The third-order valence-corrected chi connectivity index (χ3v) is 6.99. The summed E-state index contributed by atoms with van der Waals surface area (Å²) >= 11 is 0. The van der Waals surface area contributed by atoms with Gasteiger partial charge >= 0.3 is 5.97 Å². The normalized spacial score (nSPS) is 19.0. The highest BCUT2D eigenvalue weighted by atomic mass is 32.2. The molecule has 2 heterocycles. The summed E-state index contributed by atoms with van der Waals surface area (Å²) in [4.78, 5) is 16.0. The molecule has 0 amide bonds. The molecular weight excluding hydrogens is 392 g/mol. The molecule has 1 aliphatic carbocycles. The van der Waals surface area contributed by atoms with Crippen LogP contribution in [-0.4, -0.2) is 36.5 Å². The van der Waals surface area contributed by atoms with E-state index in [0.29, 0.717) is 35.2 Å². The first-order valence-corrected chi connectivity index (χ1v) is 10.7. The fraction of sp³-hybridized carbons (Fsp3) is 0.300. The van der Waals surface area contributed by atoms with Crippen molar-refractivity contribution in [1.82, 2.24) is 8.96 Å². The van der Waals surface area contributed by atoms with Gasteiger partial charge in [-0.25, -0.2) is 17.4 Å². The summed E-state index contributed by atoms with van der Waals surface area (Å²) in [6, 6.07) is 8.41. The number of aryl methyl sites for hydroxylation is 1. The lowest BCUT2D eigenvalue weighted by Crippen LogP contribution is -2.40. The number of hydrogen-bond donors (Lipinski definition) is 2. The van der Waals surface area contributed by atoms with E-state index in [9.17, 15) is 13.2 Å². The molecule has 0 aliphatic heterocycles. The molecule has 0 unspecified atom stereocenters. The second kappa shape index (κ2) is 7.07. The molecule has 0 saturated heterocycles. The number of methoxy groups -OCH3 is 1. The van der Waals surface area contributed by atoms with E-state index in [1.54, 1.807) is 30.3 Å². The number of pyridine rings is 1. The topological polar surface area (TPSA) is 116 Å². The highest BCUT2D eigenvalue weighted by Gasteiger charge is 2.36. The Morgan fingerprint density at radius 1 is 1.24 bits per heavy atom. The van der Waals surface area contributed by atoms with Crippen LogP contribution in [0.25, 0.3) is 11.0 Å². The molecule has 4 rings (SSSR count). The molecule has 3 N–H and O–H groups in total. The minimum absolute atomic E-state index is 0.0593. The number of ether oxygens (including phenoxy) is 1. The molecule has 2 aromatic heterocycles. The van der Waals surface area contributed by atoms with Crippen LogP contribution in [0.5, 0.6) is 0 Å². The molecule has 1 fully saturated rings. The molecule has 3 aromatic rings. The summed E-state index contributed by atoms with van der Waals surface area (Å²) in [5, 5.41) is 3.94. The minimum atomic E-state index is -3.79. The van der Waals surface area contributed by atoms with E-state index in [2.05, 4.69) is 10.3 Å². The summed E-state index contributed by atoms with van der Waals surface area (Å²) in [5.74, 6) is -0.339. The molecule has 1 saturated carbocycles. The molecule has 1 aliphatic rings. The van der Waals surface area contributed by atoms with Crippen LogP contribution in [0, 0.1) is 12.8 Å². The molecule has 0 atom stereocenters. The van der Waals surface area contributed by atoms with Gasteiger partial charge in [0.05, 0.1) is 35.5 Å². The van der Waals surface area contributed by atoms with Crippen LogP contribution < -0.4 is 11.1 Å². The summed E-state index contributed by atoms with van der Waals surface area (Å²) < 4.78 is 32.1. The van der Waals surface area contributed by atoms with E-state index in [0.717, 1.165) is 9.54 Å². The predicted molar refractivity (Wildman–Crippen MR) is 110 cm³/mol. The maximum Gasteiger partial charge on any atom is 0.308 e. The smallest absolute Gasteiger partial charge is 0.308 e. The van der Waals surface area contributed by atoms with Crippen LogP contribution in [0.4, 0.5) is 11.4 Å². The Morgan fingerprint density at radius 2 is 1.93 bits per heavy atom. The summed E-state index contributed by atoms with van der Waals surface area (Å²) in [5.41, 5.74) is 8.43. The van der Waals surface area contributed by atoms with E-state index >= 15 is 0 Å². The molecule has 1 aromatic carbocycles. The maximum absolute atomic E-state index is 13.1. The Kier molecular flexibility index (Phi) is 4.70. The van der Waals surface area contributed by atoms with Crippen molar-refractivity contribution in [2.45, 2.75) is 30.7 Å². The van der Waals surface area contributed by atoms with Crippen LogP contribution in [0.2, 0.25) is 0 Å². The van der Waals surface area contributed by atoms with Gasteiger partial charge in [-0.2, -0.15) is 0 Å². The fourth-order valence-electron chi connectivity index (χ4n) is 3.56. The van der Waals surface area contributed by atoms with Crippen molar-refractivity contribution >= 4 is 38.4 Å². The number of fused-ring (bicyclic) bond motifs is 1. The van der Waals surface area contributed by atoms with Gasteiger partial charge in [0.2, 0.25) is 0 Å². The number of hydrogen-bond acceptors (Lipinski definition) is 7. The number of anilines is 2. The van der Waals surface area contributed by atoms with Gasteiger partial charge in [0.1, 0.15) is 0 Å². The minimum Gasteiger partial charge on any atom is -0.469 e. The third-order valence-electron chi connectivity index (χ3n) is 5.31. The Labute approximate surface area is 168 Å². The highest BCUT2D eigenvalue weighted by Crippen LogP contribution is 2.36. The van der Waals surface area contributed by atoms with Gasteiger partial charge in [-0.1, -0.05) is 17.7 Å². The van der Waals surface area contributed by atoms with Gasteiger partial charge in [0, 0.05) is 17.6 Å². The van der Waals surface area contributed by atoms with E-state index in [1.165, 1.54) is 19.5 Å². The van der Waals surface area contributed by atoms with Crippen LogP contribution in [-0.2, 0) is 19.6 Å². The SMILES string of the molecule is COC(=O)C1CC(Nc2c(N)cnc3c2ccn3S(=O)(=O)c2ccc(C)cc2)C1. The standard InChI is InChI=1S/C20H22N4O4S/c1-12-3-5-15(6-4-12)29(26,27)24-8-7-16-18(17(21)11-22-19(16)24)23-14-9-13(10-14)20(25)28-2/h3-8,11,13-14H,9-10,21H2,1-2H3,(H,22,23). The van der Waals surface area contributed by atoms with Crippen LogP contribution in [0.3, 0.4) is 0 Å². The lowest BCUT2D eigenvalue weighted by molar-refractivity contribution is -0.148. The largest absolute Gasteiger partial charge is 0.469 e. The summed E-state index contributed by atoms with van der Waals surface area (Å²) in [6.07, 6.45) is 4.20. The number of nitrogens with two attached hydrogens (primary N) is 1. The zero-order valence-electron chi connectivity index (χ0n) is 16.1. The number of nitrogen functional groups attached to an aromatic ring is 1. The van der Waals surface area contributed by atoms with Crippen molar-refractivity contribution in [2.75, 3.05) is 18.2 Å². The molecule has 0 radical (unpaired) electrons. The molecule has 9 heteroatoms. The van der Waals surface area contributed by atoms with Crippen molar-refractivity contribution in [3.63, 3.8) is 0 Å². The quantitative estimate of drug-likeness (QED) is 0.616. The first-order chi connectivity index (χ1) is 13.8. The zero-order chi connectivity index (χ0) is 20.8. The van der Waals surface area contributed by atoms with Crippen LogP contribution >= 0.6 is 0 Å². The van der Waals surface area contributed by atoms with Crippen molar-refractivity contribution < 1.29 is 17.9 Å². The van der Waals surface area contributed by atoms with Crippen LogP contribution in [0.15, 0.2) is 47.6 Å². The zero-order valence-corrected chi connectivity index (χ0v) is 16.9. The number of nitrogens with zero attached hydrogens (tertiary/aromatic N) is 2. The lowest BCUT2D eigenvalue weighted by Gasteiger charge is -2.34. The number of esters is 1. The van der Waals surface area contributed by atoms with Crippen molar-refractivity contribution in [3.8, 4) is 0 Å². The lowest BCUT2D eigenvalue weighted by atomic mass is 9.80. The van der Waals surface area contributed by atoms with Gasteiger partial charge < -0.3 is 15.8 Å². The van der Waals surface area contributed by atoms with Gasteiger partial charge in [-0.15, -0.1) is 0 Å². The number of rotatable bonds is 5. The molecule has 0 spiro atoms. The third kappa shape index (κ3) is 3.31. The average Bonchev–Trinajstić information content (AvgIpc) is 3.10. The van der Waals surface area contributed by atoms with Gasteiger partial charge in [0.25, 0.3) is 10.0 Å². The van der Waals surface area contributed by atoms with Crippen molar-refractivity contribution in [3.05, 3.63) is 48.3 Å². The summed E-state index contributed by atoms with van der Waals surface area (Å²) in [6.45, 7) is 1.90. The van der Waals surface area contributed by atoms with Gasteiger partial charge in [0.15, 0.2) is 5.65 Å². The van der Waals surface area contributed by atoms with Gasteiger partial charge in [-0.05, 0) is 38.0 Å². The first-order valence-electron chi connectivity index (χ1n) is 9.23. The number of carbonyl (C=O) groups is 1. The number of nitrogens with one attached hydrogen (secondary N) is 1. The van der Waals surface area contributed by atoms with E-state index in [-0.39, 0.29) is 22.8 Å². The van der Waals surface area contributed by atoms with E-state index < -0.39 is 10.0 Å². The Balaban J connectivity index is 1.67. The second-order valence-corrected chi connectivity index (χ2v) is 9.10. The Bertz CT molecular complexity index is 1180. The molecule has 152 valence electrons. The van der Waals surface area contributed by atoms with E-state index in [4.69, 9.17) is 10.5 Å². The maximum atomic E-state index is 13.1. The second-order valence-electron chi connectivity index (χ2n) is 7.29. The monoisotopic (exact) mass is 414 g/mol. The molecular formula is C20H22N4O4S. The highest BCUT2D eigenvalue weighted by molar-refractivity contribution is 7.90. The van der Waals surface area contributed by atoms with Gasteiger partial charge in [-0.3, -0.25) is 4.79 Å². The van der Waals surface area contributed by atoms with Crippen molar-refractivity contribution in [1.29, 1.82) is 0 Å². The van der Waals surface area contributed by atoms with Crippen LogP contribution in [0.1, 0.15) is 18.4 Å². The number of benzene rings is 1. The Morgan fingerprint density at radius 3 is 2.59 bits per heavy atom. The molecule has 8 nitrogen and oxygen atoms in total. The summed E-state index contributed by atoms with van der Waals surface area (Å²) in [7, 11) is -2.41.